The van der Waals surface area contributed by atoms with Gasteiger partial charge in [-0.1, -0.05) is 13.3 Å². The summed E-state index contributed by atoms with van der Waals surface area (Å²) >= 11 is 5.27. The molecule has 1 heterocycles. The summed E-state index contributed by atoms with van der Waals surface area (Å²) in [7, 11) is 0. The maximum Gasteiger partial charge on any atom is 0.195 e. The number of aromatic amines is 1. The summed E-state index contributed by atoms with van der Waals surface area (Å²) in [5.74, 6) is 2.51. The first kappa shape index (κ1) is 10.9. The first-order valence-corrected chi connectivity index (χ1v) is 6.19. The third-order valence-corrected chi connectivity index (χ3v) is 3.73. The highest BCUT2D eigenvalue weighted by molar-refractivity contribution is 7.71. The molecule has 1 fully saturated rings. The fraction of sp³-hybridized carbons (Fsp3) is 0.818. The van der Waals surface area contributed by atoms with Crippen LogP contribution in [0.1, 0.15) is 57.8 Å². The molecule has 15 heavy (non-hydrogen) atoms. The molecule has 0 spiro atoms. The Morgan fingerprint density at radius 2 is 2.20 bits per heavy atom. The predicted molar refractivity (Wildman–Crippen MR) is 63.6 cm³/mol. The third-order valence-electron chi connectivity index (χ3n) is 3.44. The Morgan fingerprint density at radius 3 is 2.73 bits per heavy atom. The monoisotopic (exact) mass is 225 g/mol. The van der Waals surface area contributed by atoms with Crippen molar-refractivity contribution in [2.24, 2.45) is 5.92 Å². The highest BCUT2D eigenvalue weighted by Crippen LogP contribution is 2.38. The van der Waals surface area contributed by atoms with Gasteiger partial charge in [0, 0.05) is 12.0 Å². The van der Waals surface area contributed by atoms with E-state index in [1.165, 1.54) is 25.1 Å². The largest absolute Gasteiger partial charge is 0.301 e. The molecule has 1 aliphatic carbocycles. The van der Waals surface area contributed by atoms with E-state index in [9.17, 15) is 0 Å². The number of nitrogens with one attached hydrogen (secondary N) is 1. The van der Waals surface area contributed by atoms with Crippen LogP contribution in [0.4, 0.5) is 0 Å². The molecule has 0 aromatic carbocycles. The molecule has 1 saturated carbocycles. The average Bonchev–Trinajstić information content (AvgIpc) is 2.71. The minimum absolute atomic E-state index is 0.402. The van der Waals surface area contributed by atoms with Crippen LogP contribution < -0.4 is 0 Å². The van der Waals surface area contributed by atoms with E-state index in [1.54, 1.807) is 0 Å². The van der Waals surface area contributed by atoms with Crippen LogP contribution in [0, 0.1) is 10.7 Å². The average molecular weight is 225 g/mol. The van der Waals surface area contributed by atoms with Crippen LogP contribution >= 0.6 is 12.2 Å². The van der Waals surface area contributed by atoms with Crippen LogP contribution in [0.5, 0.6) is 0 Å². The van der Waals surface area contributed by atoms with Gasteiger partial charge < -0.3 is 4.57 Å². The molecule has 0 bridgehead atoms. The molecule has 0 amide bonds. The summed E-state index contributed by atoms with van der Waals surface area (Å²) in [5, 5.41) is 7.35. The molecular weight excluding hydrogens is 206 g/mol. The SMILES string of the molecule is CC1CCCC1c1n[nH]c(=S)n1C(C)C. The molecule has 1 N–H and O–H groups in total. The maximum atomic E-state index is 5.27. The Labute approximate surface area is 95.9 Å². The standard InChI is InChI=1S/C11H19N3S/c1-7(2)14-10(12-13-11(14)15)9-6-4-5-8(9)3/h7-9H,4-6H2,1-3H3,(H,13,15). The molecule has 0 radical (unpaired) electrons. The van der Waals surface area contributed by atoms with Crippen LogP contribution in [0.15, 0.2) is 0 Å². The summed E-state index contributed by atoms with van der Waals surface area (Å²) < 4.78 is 2.93. The first-order valence-electron chi connectivity index (χ1n) is 5.78. The van der Waals surface area contributed by atoms with Crippen molar-refractivity contribution in [3.8, 4) is 0 Å². The van der Waals surface area contributed by atoms with Crippen LogP contribution in [0.3, 0.4) is 0 Å². The van der Waals surface area contributed by atoms with Gasteiger partial charge >= 0.3 is 0 Å². The molecule has 3 nitrogen and oxygen atoms in total. The van der Waals surface area contributed by atoms with Gasteiger partial charge in [-0.2, -0.15) is 5.10 Å². The van der Waals surface area contributed by atoms with Crippen LogP contribution in [-0.2, 0) is 0 Å². The Bertz CT molecular complexity index is 391. The van der Waals surface area contributed by atoms with E-state index >= 15 is 0 Å². The summed E-state index contributed by atoms with van der Waals surface area (Å²) in [6.07, 6.45) is 3.90. The van der Waals surface area contributed by atoms with Gasteiger partial charge in [-0.25, -0.2) is 0 Å². The summed E-state index contributed by atoms with van der Waals surface area (Å²) in [4.78, 5) is 0. The van der Waals surface area contributed by atoms with Crippen molar-refractivity contribution in [2.75, 3.05) is 0 Å². The van der Waals surface area contributed by atoms with E-state index in [1.807, 2.05) is 0 Å². The van der Waals surface area contributed by atoms with Crippen LogP contribution in [0.2, 0.25) is 0 Å². The van der Waals surface area contributed by atoms with Crippen molar-refractivity contribution < 1.29 is 0 Å². The van der Waals surface area contributed by atoms with Crippen LogP contribution in [-0.4, -0.2) is 14.8 Å². The van der Waals surface area contributed by atoms with Crippen molar-refractivity contribution in [3.05, 3.63) is 10.6 Å². The Balaban J connectivity index is 2.39. The first-order chi connectivity index (χ1) is 7.11. The lowest BCUT2D eigenvalue weighted by atomic mass is 9.97. The van der Waals surface area contributed by atoms with Crippen molar-refractivity contribution in [2.45, 2.75) is 52.0 Å². The highest BCUT2D eigenvalue weighted by atomic mass is 32.1. The Hall–Kier alpha value is -0.640. The van der Waals surface area contributed by atoms with Gasteiger partial charge in [-0.15, -0.1) is 0 Å². The molecule has 1 aromatic heterocycles. The van der Waals surface area contributed by atoms with Gasteiger partial charge in [0.05, 0.1) is 0 Å². The van der Waals surface area contributed by atoms with E-state index in [-0.39, 0.29) is 0 Å². The molecular formula is C11H19N3S. The third kappa shape index (κ3) is 1.87. The second-order valence-corrected chi connectivity index (χ2v) is 5.25. The van der Waals surface area contributed by atoms with Crippen molar-refractivity contribution >= 4 is 12.2 Å². The Kier molecular flexibility index (Phi) is 2.96. The molecule has 4 heteroatoms. The normalized spacial score (nSPS) is 26.4. The zero-order valence-electron chi connectivity index (χ0n) is 9.66. The number of hydrogen-bond acceptors (Lipinski definition) is 2. The highest BCUT2D eigenvalue weighted by Gasteiger charge is 2.29. The van der Waals surface area contributed by atoms with E-state index in [4.69, 9.17) is 12.2 Å². The summed E-state index contributed by atoms with van der Waals surface area (Å²) in [5.41, 5.74) is 0. The van der Waals surface area contributed by atoms with Crippen molar-refractivity contribution in [1.82, 2.24) is 14.8 Å². The smallest absolute Gasteiger partial charge is 0.195 e. The van der Waals surface area contributed by atoms with Gasteiger partial charge in [0.2, 0.25) is 0 Å². The second-order valence-electron chi connectivity index (χ2n) is 4.87. The van der Waals surface area contributed by atoms with Crippen molar-refractivity contribution in [3.63, 3.8) is 0 Å². The van der Waals surface area contributed by atoms with Crippen LogP contribution in [0.25, 0.3) is 0 Å². The molecule has 0 aliphatic heterocycles. The topological polar surface area (TPSA) is 33.6 Å². The second kappa shape index (κ2) is 4.08. The lowest BCUT2D eigenvalue weighted by Crippen LogP contribution is -2.13. The van der Waals surface area contributed by atoms with Gasteiger partial charge in [0.15, 0.2) is 4.77 Å². The predicted octanol–water partition coefficient (Wildman–Crippen LogP) is 3.43. The van der Waals surface area contributed by atoms with Gasteiger partial charge in [0.1, 0.15) is 5.82 Å². The number of hydrogen-bond donors (Lipinski definition) is 1. The quantitative estimate of drug-likeness (QED) is 0.782. The van der Waals surface area contributed by atoms with E-state index in [0.717, 1.165) is 10.7 Å². The number of H-pyrrole nitrogens is 1. The molecule has 2 atom stereocenters. The van der Waals surface area contributed by atoms with E-state index < -0.39 is 0 Å². The summed E-state index contributed by atoms with van der Waals surface area (Å²) in [6.45, 7) is 6.64. The van der Waals surface area contributed by atoms with Gasteiger partial charge in [0.25, 0.3) is 0 Å². The fourth-order valence-electron chi connectivity index (χ4n) is 2.61. The Morgan fingerprint density at radius 1 is 1.47 bits per heavy atom. The zero-order chi connectivity index (χ0) is 11.0. The lowest BCUT2D eigenvalue weighted by Gasteiger charge is -2.18. The minimum Gasteiger partial charge on any atom is -0.301 e. The zero-order valence-corrected chi connectivity index (χ0v) is 10.5. The van der Waals surface area contributed by atoms with E-state index in [0.29, 0.717) is 12.0 Å². The molecule has 2 unspecified atom stereocenters. The molecule has 1 aliphatic rings. The minimum atomic E-state index is 0.402. The molecule has 1 aromatic rings. The molecule has 0 saturated heterocycles. The fourth-order valence-corrected chi connectivity index (χ4v) is 2.96. The molecule has 84 valence electrons. The van der Waals surface area contributed by atoms with E-state index in [2.05, 4.69) is 35.5 Å². The maximum absolute atomic E-state index is 5.27. The number of nitrogens with zero attached hydrogens (tertiary/aromatic N) is 2. The number of aromatic nitrogens is 3. The summed E-state index contributed by atoms with van der Waals surface area (Å²) in [6, 6.07) is 0.402. The van der Waals surface area contributed by atoms with Gasteiger partial charge in [-0.05, 0) is 44.8 Å². The lowest BCUT2D eigenvalue weighted by molar-refractivity contribution is 0.461. The van der Waals surface area contributed by atoms with Gasteiger partial charge in [-0.3, -0.25) is 5.10 Å². The molecule has 2 rings (SSSR count). The number of rotatable bonds is 2. The van der Waals surface area contributed by atoms with Crippen molar-refractivity contribution in [1.29, 1.82) is 0 Å².